The molecule has 1 aliphatic carbocycles. The Morgan fingerprint density at radius 3 is 2.67 bits per heavy atom. The number of aliphatic imine (C=N–C) groups is 1. The normalized spacial score (nSPS) is 25.9. The van der Waals surface area contributed by atoms with Crippen LogP contribution in [0.1, 0.15) is 20.3 Å². The average molecular weight is 287 g/mol. The van der Waals surface area contributed by atoms with E-state index in [2.05, 4.69) is 51.1 Å². The number of anilines is 1. The maximum absolute atomic E-state index is 4.66. The molecule has 2 fully saturated rings. The van der Waals surface area contributed by atoms with Gasteiger partial charge in [-0.25, -0.2) is 4.98 Å². The fourth-order valence-electron chi connectivity index (χ4n) is 2.76. The highest BCUT2D eigenvalue weighted by Crippen LogP contribution is 2.29. The molecular formula is C16H25N5. The first-order chi connectivity index (χ1) is 10.3. The van der Waals surface area contributed by atoms with Gasteiger partial charge in [-0.2, -0.15) is 0 Å². The minimum atomic E-state index is 0.629. The van der Waals surface area contributed by atoms with E-state index in [0.717, 1.165) is 50.4 Å². The topological polar surface area (TPSA) is 43.8 Å². The van der Waals surface area contributed by atoms with Crippen LogP contribution in [-0.4, -0.2) is 54.6 Å². The summed E-state index contributed by atoms with van der Waals surface area (Å²) >= 11 is 0. The van der Waals surface area contributed by atoms with Gasteiger partial charge < -0.3 is 15.1 Å². The second kappa shape index (κ2) is 6.33. The molecule has 0 amide bonds. The van der Waals surface area contributed by atoms with Crippen molar-refractivity contribution in [3.05, 3.63) is 24.4 Å². The Labute approximate surface area is 127 Å². The molecule has 1 aromatic heterocycles. The first-order valence-electron chi connectivity index (χ1n) is 8.00. The highest BCUT2D eigenvalue weighted by molar-refractivity contribution is 5.81. The van der Waals surface area contributed by atoms with E-state index >= 15 is 0 Å². The van der Waals surface area contributed by atoms with E-state index in [9.17, 15) is 0 Å². The largest absolute Gasteiger partial charge is 0.353 e. The molecule has 1 N–H and O–H groups in total. The van der Waals surface area contributed by atoms with Crippen LogP contribution < -0.4 is 10.2 Å². The number of hydrogen-bond acceptors (Lipinski definition) is 3. The van der Waals surface area contributed by atoms with Gasteiger partial charge in [0.1, 0.15) is 5.82 Å². The highest BCUT2D eigenvalue weighted by atomic mass is 15.4. The van der Waals surface area contributed by atoms with E-state index in [1.54, 1.807) is 0 Å². The lowest BCUT2D eigenvalue weighted by Crippen LogP contribution is -2.53. The Morgan fingerprint density at radius 2 is 2.10 bits per heavy atom. The Kier molecular flexibility index (Phi) is 4.27. The van der Waals surface area contributed by atoms with E-state index in [1.807, 2.05) is 12.3 Å². The second-order valence-electron chi connectivity index (χ2n) is 5.92. The van der Waals surface area contributed by atoms with E-state index < -0.39 is 0 Å². The number of guanidine groups is 1. The minimum Gasteiger partial charge on any atom is -0.353 e. The molecule has 1 aromatic rings. The van der Waals surface area contributed by atoms with Gasteiger partial charge in [-0.05, 0) is 31.4 Å². The van der Waals surface area contributed by atoms with Crippen molar-refractivity contribution in [3.63, 3.8) is 0 Å². The van der Waals surface area contributed by atoms with Gasteiger partial charge in [-0.1, -0.05) is 13.0 Å². The van der Waals surface area contributed by atoms with Gasteiger partial charge in [0.2, 0.25) is 0 Å². The molecule has 0 radical (unpaired) electrons. The maximum atomic E-state index is 4.66. The number of nitrogens with zero attached hydrogens (tertiary/aromatic N) is 4. The predicted octanol–water partition coefficient (Wildman–Crippen LogP) is 1.58. The van der Waals surface area contributed by atoms with Crippen molar-refractivity contribution in [1.29, 1.82) is 0 Å². The van der Waals surface area contributed by atoms with Crippen LogP contribution in [0.3, 0.4) is 0 Å². The lowest BCUT2D eigenvalue weighted by molar-refractivity contribution is 0.370. The molecule has 1 saturated heterocycles. The van der Waals surface area contributed by atoms with E-state index in [1.165, 1.54) is 6.42 Å². The molecular weight excluding hydrogens is 262 g/mol. The van der Waals surface area contributed by atoms with E-state index in [4.69, 9.17) is 0 Å². The number of hydrogen-bond donors (Lipinski definition) is 1. The summed E-state index contributed by atoms with van der Waals surface area (Å²) < 4.78 is 0. The molecule has 2 atom stereocenters. The van der Waals surface area contributed by atoms with Crippen LogP contribution in [0.4, 0.5) is 5.82 Å². The van der Waals surface area contributed by atoms with Crippen molar-refractivity contribution in [3.8, 4) is 0 Å². The van der Waals surface area contributed by atoms with Gasteiger partial charge in [0.05, 0.1) is 0 Å². The van der Waals surface area contributed by atoms with Crippen molar-refractivity contribution in [2.75, 3.05) is 37.6 Å². The number of piperazine rings is 1. The smallest absolute Gasteiger partial charge is 0.194 e. The van der Waals surface area contributed by atoms with Crippen LogP contribution in [0, 0.1) is 5.92 Å². The van der Waals surface area contributed by atoms with Crippen molar-refractivity contribution < 1.29 is 0 Å². The van der Waals surface area contributed by atoms with Crippen LogP contribution in [-0.2, 0) is 0 Å². The number of aromatic nitrogens is 1. The molecule has 1 saturated carbocycles. The van der Waals surface area contributed by atoms with Crippen LogP contribution in [0.5, 0.6) is 0 Å². The van der Waals surface area contributed by atoms with Crippen molar-refractivity contribution in [2.45, 2.75) is 26.3 Å². The van der Waals surface area contributed by atoms with Gasteiger partial charge in [-0.3, -0.25) is 4.99 Å². The first-order valence-corrected chi connectivity index (χ1v) is 8.00. The van der Waals surface area contributed by atoms with E-state index in [0.29, 0.717) is 6.04 Å². The Hall–Kier alpha value is -1.78. The molecule has 5 heteroatoms. The lowest BCUT2D eigenvalue weighted by Gasteiger charge is -2.37. The second-order valence-corrected chi connectivity index (χ2v) is 5.92. The van der Waals surface area contributed by atoms with Crippen molar-refractivity contribution >= 4 is 11.8 Å². The van der Waals surface area contributed by atoms with Crippen molar-refractivity contribution in [1.82, 2.24) is 15.2 Å². The summed E-state index contributed by atoms with van der Waals surface area (Å²) in [6.45, 7) is 9.24. The molecule has 0 spiro atoms. The molecule has 3 rings (SSSR count). The summed E-state index contributed by atoms with van der Waals surface area (Å²) in [5, 5.41) is 3.61. The molecule has 0 bridgehead atoms. The molecule has 21 heavy (non-hydrogen) atoms. The maximum Gasteiger partial charge on any atom is 0.194 e. The van der Waals surface area contributed by atoms with Crippen molar-refractivity contribution in [2.24, 2.45) is 10.9 Å². The van der Waals surface area contributed by atoms with Gasteiger partial charge in [0, 0.05) is 45.0 Å². The first kappa shape index (κ1) is 14.2. The highest BCUT2D eigenvalue weighted by Gasteiger charge is 2.34. The summed E-state index contributed by atoms with van der Waals surface area (Å²) in [4.78, 5) is 13.8. The van der Waals surface area contributed by atoms with Crippen LogP contribution in [0.25, 0.3) is 0 Å². The number of rotatable bonds is 3. The predicted molar refractivity (Wildman–Crippen MR) is 86.7 cm³/mol. The number of nitrogens with one attached hydrogen (secondary N) is 1. The molecule has 2 heterocycles. The molecule has 1 aliphatic heterocycles. The molecule has 114 valence electrons. The summed E-state index contributed by atoms with van der Waals surface area (Å²) in [5.41, 5.74) is 0. The Morgan fingerprint density at radius 1 is 1.33 bits per heavy atom. The van der Waals surface area contributed by atoms with Gasteiger partial charge >= 0.3 is 0 Å². The third kappa shape index (κ3) is 3.46. The summed E-state index contributed by atoms with van der Waals surface area (Å²) in [7, 11) is 0. The third-order valence-corrected chi connectivity index (χ3v) is 4.28. The lowest BCUT2D eigenvalue weighted by atomic mass is 10.3. The Balaban J connectivity index is 1.57. The molecule has 0 aromatic carbocycles. The molecule has 2 unspecified atom stereocenters. The van der Waals surface area contributed by atoms with Gasteiger partial charge in [0.15, 0.2) is 5.96 Å². The molecule has 2 aliphatic rings. The zero-order valence-corrected chi connectivity index (χ0v) is 13.0. The monoisotopic (exact) mass is 287 g/mol. The zero-order valence-electron chi connectivity index (χ0n) is 13.0. The number of pyridine rings is 1. The third-order valence-electron chi connectivity index (χ3n) is 4.28. The Bertz CT molecular complexity index is 479. The fourth-order valence-corrected chi connectivity index (χ4v) is 2.76. The summed E-state index contributed by atoms with van der Waals surface area (Å²) in [6, 6.07) is 6.73. The van der Waals surface area contributed by atoms with Gasteiger partial charge in [0.25, 0.3) is 0 Å². The average Bonchev–Trinajstić information content (AvgIpc) is 3.23. The summed E-state index contributed by atoms with van der Waals surface area (Å²) in [6.07, 6.45) is 3.14. The van der Waals surface area contributed by atoms with Crippen LogP contribution in [0.2, 0.25) is 0 Å². The van der Waals surface area contributed by atoms with Crippen LogP contribution in [0.15, 0.2) is 29.4 Å². The summed E-state index contributed by atoms with van der Waals surface area (Å²) in [5.74, 6) is 2.96. The minimum absolute atomic E-state index is 0.629. The standard InChI is InChI=1S/C16H25N5/c1-3-17-16(19-14-12-13(14)2)21-10-8-20(9-11-21)15-6-4-5-7-18-15/h4-7,13-14H,3,8-12H2,1-2H3,(H,17,19). The van der Waals surface area contributed by atoms with Crippen LogP contribution >= 0.6 is 0 Å². The van der Waals surface area contributed by atoms with E-state index in [-0.39, 0.29) is 0 Å². The zero-order chi connectivity index (χ0) is 14.7. The SMILES string of the molecule is CCN=C(NC1CC1C)N1CCN(c2ccccn2)CC1. The molecule has 5 nitrogen and oxygen atoms in total. The fraction of sp³-hybridized carbons (Fsp3) is 0.625. The quantitative estimate of drug-likeness (QED) is 0.677. The van der Waals surface area contributed by atoms with Gasteiger partial charge in [-0.15, -0.1) is 0 Å².